The molecule has 0 aliphatic rings. The summed E-state index contributed by atoms with van der Waals surface area (Å²) in [7, 11) is 0. The lowest BCUT2D eigenvalue weighted by atomic mass is 10.1. The van der Waals surface area contributed by atoms with Gasteiger partial charge in [-0.05, 0) is 45.9 Å². The van der Waals surface area contributed by atoms with Crippen molar-refractivity contribution in [2.45, 2.75) is 39.8 Å². The first-order chi connectivity index (χ1) is 9.85. The van der Waals surface area contributed by atoms with Crippen molar-refractivity contribution >= 4 is 23.2 Å². The van der Waals surface area contributed by atoms with Gasteiger partial charge in [-0.15, -0.1) is 0 Å². The minimum atomic E-state index is -0.412. The van der Waals surface area contributed by atoms with Crippen LogP contribution < -0.4 is 21.7 Å². The zero-order chi connectivity index (χ0) is 16.0. The number of nitrogens with two attached hydrogens (primary N) is 1. The van der Waals surface area contributed by atoms with E-state index < -0.39 is 6.04 Å². The molecule has 1 atom stereocenters. The second kappa shape index (κ2) is 7.52. The Labute approximate surface area is 125 Å². The fraction of sp³-hybridized carbons (Fsp3) is 0.467. The smallest absolute Gasteiger partial charge is 0.251 e. The average molecular weight is 292 g/mol. The van der Waals surface area contributed by atoms with Gasteiger partial charge in [0.15, 0.2) is 0 Å². The summed E-state index contributed by atoms with van der Waals surface area (Å²) in [4.78, 5) is 23.6. The maximum absolute atomic E-state index is 11.9. The quantitative estimate of drug-likeness (QED) is 0.595. The molecule has 0 aliphatic carbocycles. The highest BCUT2D eigenvalue weighted by Crippen LogP contribution is 2.20. The number of amides is 2. The van der Waals surface area contributed by atoms with E-state index in [9.17, 15) is 9.59 Å². The zero-order valence-electron chi connectivity index (χ0n) is 13.0. The van der Waals surface area contributed by atoms with Crippen LogP contribution in [-0.4, -0.2) is 30.4 Å². The molecule has 0 aliphatic heterocycles. The van der Waals surface area contributed by atoms with E-state index in [1.165, 1.54) is 0 Å². The first-order valence-electron chi connectivity index (χ1n) is 7.09. The molecular formula is C15H24N4O2. The molecule has 0 bridgehead atoms. The predicted octanol–water partition coefficient (Wildman–Crippen LogP) is 1.34. The fourth-order valence-electron chi connectivity index (χ4n) is 1.81. The molecule has 0 aromatic heterocycles. The van der Waals surface area contributed by atoms with Crippen molar-refractivity contribution in [3.05, 3.63) is 23.8 Å². The molecule has 0 spiro atoms. The highest BCUT2D eigenvalue weighted by molar-refractivity contribution is 5.96. The van der Waals surface area contributed by atoms with Gasteiger partial charge in [-0.25, -0.2) is 0 Å². The van der Waals surface area contributed by atoms with Crippen molar-refractivity contribution < 1.29 is 9.59 Å². The SMILES string of the molecule is CCNC(=O)c1ccc(NC(C)C(=O)NC(C)C)c(N)c1. The number of benzene rings is 1. The van der Waals surface area contributed by atoms with Crippen molar-refractivity contribution in [3.8, 4) is 0 Å². The van der Waals surface area contributed by atoms with Crippen LogP contribution in [-0.2, 0) is 4.79 Å². The Kier molecular flexibility index (Phi) is 6.02. The van der Waals surface area contributed by atoms with Crippen LogP contribution in [0.15, 0.2) is 18.2 Å². The third kappa shape index (κ3) is 4.98. The van der Waals surface area contributed by atoms with Gasteiger partial charge in [0.05, 0.1) is 11.4 Å². The van der Waals surface area contributed by atoms with Crippen LogP contribution in [0.25, 0.3) is 0 Å². The molecule has 1 unspecified atom stereocenters. The summed E-state index contributed by atoms with van der Waals surface area (Å²) in [5, 5.41) is 8.58. The molecule has 6 heteroatoms. The van der Waals surface area contributed by atoms with Gasteiger partial charge in [0.2, 0.25) is 5.91 Å². The molecule has 6 nitrogen and oxygen atoms in total. The van der Waals surface area contributed by atoms with Gasteiger partial charge in [0, 0.05) is 18.2 Å². The Morgan fingerprint density at radius 3 is 2.43 bits per heavy atom. The summed E-state index contributed by atoms with van der Waals surface area (Å²) in [5.74, 6) is -0.265. The monoisotopic (exact) mass is 292 g/mol. The van der Waals surface area contributed by atoms with E-state index in [-0.39, 0.29) is 17.9 Å². The molecule has 1 aromatic carbocycles. The van der Waals surface area contributed by atoms with Gasteiger partial charge in [0.25, 0.3) is 5.91 Å². The normalized spacial score (nSPS) is 11.9. The van der Waals surface area contributed by atoms with E-state index in [1.54, 1.807) is 25.1 Å². The van der Waals surface area contributed by atoms with Crippen molar-refractivity contribution in [3.63, 3.8) is 0 Å². The molecule has 21 heavy (non-hydrogen) atoms. The first kappa shape index (κ1) is 16.8. The molecule has 2 amide bonds. The standard InChI is InChI=1S/C15H24N4O2/c1-5-17-15(21)11-6-7-13(12(16)8-11)19-10(4)14(20)18-9(2)3/h6-10,19H,5,16H2,1-4H3,(H,17,21)(H,18,20). The van der Waals surface area contributed by atoms with E-state index in [0.717, 1.165) is 0 Å². The van der Waals surface area contributed by atoms with Crippen LogP contribution >= 0.6 is 0 Å². The number of hydrogen-bond acceptors (Lipinski definition) is 4. The molecule has 0 radical (unpaired) electrons. The lowest BCUT2D eigenvalue weighted by Gasteiger charge is -2.18. The van der Waals surface area contributed by atoms with Crippen molar-refractivity contribution in [2.24, 2.45) is 0 Å². The summed E-state index contributed by atoms with van der Waals surface area (Å²) in [6.07, 6.45) is 0. The zero-order valence-corrected chi connectivity index (χ0v) is 13.0. The molecule has 0 fully saturated rings. The van der Waals surface area contributed by atoms with E-state index in [0.29, 0.717) is 23.5 Å². The molecule has 5 N–H and O–H groups in total. The Balaban J connectivity index is 2.77. The summed E-state index contributed by atoms with van der Waals surface area (Å²) in [6, 6.07) is 4.65. The third-order valence-electron chi connectivity index (χ3n) is 2.85. The van der Waals surface area contributed by atoms with Gasteiger partial charge >= 0.3 is 0 Å². The average Bonchev–Trinajstić information content (AvgIpc) is 2.40. The predicted molar refractivity (Wildman–Crippen MR) is 85.2 cm³/mol. The van der Waals surface area contributed by atoms with E-state index in [2.05, 4.69) is 16.0 Å². The van der Waals surface area contributed by atoms with Crippen LogP contribution in [0.2, 0.25) is 0 Å². The fourth-order valence-corrected chi connectivity index (χ4v) is 1.81. The summed E-state index contributed by atoms with van der Waals surface area (Å²) < 4.78 is 0. The van der Waals surface area contributed by atoms with Crippen LogP contribution in [0, 0.1) is 0 Å². The Morgan fingerprint density at radius 2 is 1.90 bits per heavy atom. The molecular weight excluding hydrogens is 268 g/mol. The van der Waals surface area contributed by atoms with E-state index in [1.807, 2.05) is 20.8 Å². The number of anilines is 2. The minimum Gasteiger partial charge on any atom is -0.397 e. The van der Waals surface area contributed by atoms with E-state index >= 15 is 0 Å². The van der Waals surface area contributed by atoms with Gasteiger partial charge in [0.1, 0.15) is 6.04 Å². The second-order valence-corrected chi connectivity index (χ2v) is 5.19. The highest BCUT2D eigenvalue weighted by Gasteiger charge is 2.15. The van der Waals surface area contributed by atoms with Crippen LogP contribution in [0.3, 0.4) is 0 Å². The molecule has 0 heterocycles. The van der Waals surface area contributed by atoms with Crippen LogP contribution in [0.1, 0.15) is 38.1 Å². The lowest BCUT2D eigenvalue weighted by molar-refractivity contribution is -0.122. The molecule has 1 aromatic rings. The van der Waals surface area contributed by atoms with Gasteiger partial charge in [-0.3, -0.25) is 9.59 Å². The summed E-state index contributed by atoms with van der Waals surface area (Å²) >= 11 is 0. The first-order valence-corrected chi connectivity index (χ1v) is 7.09. The molecule has 0 saturated heterocycles. The number of hydrogen-bond donors (Lipinski definition) is 4. The van der Waals surface area contributed by atoms with Crippen molar-refractivity contribution in [1.82, 2.24) is 10.6 Å². The van der Waals surface area contributed by atoms with Crippen LogP contribution in [0.4, 0.5) is 11.4 Å². The highest BCUT2D eigenvalue weighted by atomic mass is 16.2. The minimum absolute atomic E-state index is 0.0826. The second-order valence-electron chi connectivity index (χ2n) is 5.19. The third-order valence-corrected chi connectivity index (χ3v) is 2.85. The molecule has 0 saturated carbocycles. The Hall–Kier alpha value is -2.24. The summed E-state index contributed by atoms with van der Waals surface area (Å²) in [5.41, 5.74) is 7.50. The van der Waals surface area contributed by atoms with Gasteiger partial charge < -0.3 is 21.7 Å². The largest absolute Gasteiger partial charge is 0.397 e. The lowest BCUT2D eigenvalue weighted by Crippen LogP contribution is -2.41. The molecule has 1 rings (SSSR count). The maximum Gasteiger partial charge on any atom is 0.251 e. The number of carbonyl (C=O) groups excluding carboxylic acids is 2. The van der Waals surface area contributed by atoms with Crippen molar-refractivity contribution in [2.75, 3.05) is 17.6 Å². The topological polar surface area (TPSA) is 96.2 Å². The van der Waals surface area contributed by atoms with Crippen molar-refractivity contribution in [1.29, 1.82) is 0 Å². The summed E-state index contributed by atoms with van der Waals surface area (Å²) in [6.45, 7) is 7.98. The number of nitrogens with one attached hydrogen (secondary N) is 3. The van der Waals surface area contributed by atoms with Crippen LogP contribution in [0.5, 0.6) is 0 Å². The number of rotatable bonds is 6. The number of carbonyl (C=O) groups is 2. The maximum atomic E-state index is 11.9. The molecule has 116 valence electrons. The van der Waals surface area contributed by atoms with Gasteiger partial charge in [-0.2, -0.15) is 0 Å². The Morgan fingerprint density at radius 1 is 1.24 bits per heavy atom. The van der Waals surface area contributed by atoms with Gasteiger partial charge in [-0.1, -0.05) is 0 Å². The Bertz CT molecular complexity index is 514. The number of nitrogen functional groups attached to an aromatic ring is 1. The van der Waals surface area contributed by atoms with E-state index in [4.69, 9.17) is 5.73 Å².